The van der Waals surface area contributed by atoms with Gasteiger partial charge in [-0.1, -0.05) is 54.6 Å². The Balaban J connectivity index is 1.98. The molecule has 0 saturated carbocycles. The highest BCUT2D eigenvalue weighted by atomic mass is 32.1. The maximum Gasteiger partial charge on any atom is 0.124 e. The zero-order valence-electron chi connectivity index (χ0n) is 10.2. The summed E-state index contributed by atoms with van der Waals surface area (Å²) in [5, 5.41) is 3.61. The van der Waals surface area contributed by atoms with Gasteiger partial charge in [-0.3, -0.25) is 0 Å². The van der Waals surface area contributed by atoms with E-state index in [-0.39, 0.29) is 0 Å². The Morgan fingerprint density at radius 1 is 0.737 bits per heavy atom. The van der Waals surface area contributed by atoms with Gasteiger partial charge in [-0.15, -0.1) is 11.3 Å². The summed E-state index contributed by atoms with van der Waals surface area (Å²) in [5.41, 5.74) is 2.27. The molecule has 3 aromatic carbocycles. The van der Waals surface area contributed by atoms with Crippen LogP contribution in [0.25, 0.3) is 31.6 Å². The van der Waals surface area contributed by atoms with Gasteiger partial charge in [0.25, 0.3) is 0 Å². The molecule has 0 N–H and O–H groups in total. The second-order valence-electron chi connectivity index (χ2n) is 4.55. The summed E-state index contributed by atoms with van der Waals surface area (Å²) >= 11 is 1.75. The molecule has 19 heavy (non-hydrogen) atoms. The summed E-state index contributed by atoms with van der Waals surface area (Å²) in [6.07, 6.45) is 0. The average molecular weight is 261 g/mol. The van der Waals surface area contributed by atoms with E-state index in [9.17, 15) is 0 Å². The van der Waals surface area contributed by atoms with E-state index in [4.69, 9.17) is 4.98 Å². The summed E-state index contributed by atoms with van der Waals surface area (Å²) in [5.74, 6) is 0. The molecule has 0 bridgehead atoms. The summed E-state index contributed by atoms with van der Waals surface area (Å²) in [6.45, 7) is 0. The van der Waals surface area contributed by atoms with Gasteiger partial charge in [0.05, 0.1) is 10.2 Å². The maximum atomic E-state index is 4.75. The number of aromatic nitrogens is 1. The van der Waals surface area contributed by atoms with E-state index in [0.29, 0.717) is 0 Å². The third-order valence-corrected chi connectivity index (χ3v) is 4.34. The number of hydrogen-bond donors (Lipinski definition) is 0. The summed E-state index contributed by atoms with van der Waals surface area (Å²) in [7, 11) is 0. The van der Waals surface area contributed by atoms with Crippen LogP contribution in [0.4, 0.5) is 0 Å². The van der Waals surface area contributed by atoms with Crippen molar-refractivity contribution in [2.24, 2.45) is 0 Å². The van der Waals surface area contributed by atoms with Gasteiger partial charge in [0, 0.05) is 5.56 Å². The van der Waals surface area contributed by atoms with E-state index in [1.54, 1.807) is 11.3 Å². The molecule has 4 rings (SSSR count). The monoisotopic (exact) mass is 261 g/mol. The number of nitrogens with zero attached hydrogens (tertiary/aromatic N) is 1. The highest BCUT2D eigenvalue weighted by Gasteiger charge is 2.06. The van der Waals surface area contributed by atoms with Crippen molar-refractivity contribution in [2.45, 2.75) is 0 Å². The molecule has 2 heteroatoms. The molecule has 1 heterocycles. The normalized spacial score (nSPS) is 11.2. The van der Waals surface area contributed by atoms with E-state index >= 15 is 0 Å². The Hall–Kier alpha value is -2.19. The first-order valence-electron chi connectivity index (χ1n) is 6.25. The fraction of sp³-hybridized carbons (Fsp3) is 0. The number of fused-ring (bicyclic) bond motifs is 2. The topological polar surface area (TPSA) is 12.9 Å². The van der Waals surface area contributed by atoms with Crippen LogP contribution in [0.3, 0.4) is 0 Å². The third-order valence-electron chi connectivity index (χ3n) is 3.28. The van der Waals surface area contributed by atoms with Crippen molar-refractivity contribution in [1.82, 2.24) is 4.98 Å². The van der Waals surface area contributed by atoms with E-state index in [1.807, 2.05) is 6.07 Å². The molecule has 0 radical (unpaired) electrons. The predicted molar refractivity (Wildman–Crippen MR) is 82.6 cm³/mol. The zero-order valence-corrected chi connectivity index (χ0v) is 11.0. The predicted octanol–water partition coefficient (Wildman–Crippen LogP) is 5.12. The lowest BCUT2D eigenvalue weighted by Crippen LogP contribution is -1.74. The molecule has 1 aromatic heterocycles. The van der Waals surface area contributed by atoms with Crippen molar-refractivity contribution in [2.75, 3.05) is 0 Å². The van der Waals surface area contributed by atoms with Crippen LogP contribution < -0.4 is 0 Å². The number of thiazole rings is 1. The smallest absolute Gasteiger partial charge is 0.124 e. The third kappa shape index (κ3) is 1.81. The first-order chi connectivity index (χ1) is 9.40. The second-order valence-corrected chi connectivity index (χ2v) is 5.58. The van der Waals surface area contributed by atoms with Gasteiger partial charge in [0.1, 0.15) is 5.01 Å². The summed E-state index contributed by atoms with van der Waals surface area (Å²) < 4.78 is 1.25. The first kappa shape index (κ1) is 10.7. The Labute approximate surface area is 115 Å². The number of benzene rings is 3. The van der Waals surface area contributed by atoms with Crippen molar-refractivity contribution in [1.29, 1.82) is 0 Å². The molecule has 0 spiro atoms. The molecule has 0 unspecified atom stereocenters. The van der Waals surface area contributed by atoms with Gasteiger partial charge >= 0.3 is 0 Å². The SMILES string of the molecule is c1ccc(-c2nc3cc4ccccc4cc3s2)cc1. The molecule has 0 aliphatic rings. The number of hydrogen-bond acceptors (Lipinski definition) is 2. The van der Waals surface area contributed by atoms with Crippen LogP contribution in [0.1, 0.15) is 0 Å². The zero-order chi connectivity index (χ0) is 12.7. The van der Waals surface area contributed by atoms with E-state index < -0.39 is 0 Å². The van der Waals surface area contributed by atoms with Crippen molar-refractivity contribution < 1.29 is 0 Å². The molecule has 0 aliphatic heterocycles. The highest BCUT2D eigenvalue weighted by molar-refractivity contribution is 7.21. The molecule has 0 fully saturated rings. The minimum Gasteiger partial charge on any atom is -0.236 e. The molecule has 0 atom stereocenters. The van der Waals surface area contributed by atoms with Crippen molar-refractivity contribution in [3.05, 3.63) is 66.7 Å². The van der Waals surface area contributed by atoms with Crippen molar-refractivity contribution in [3.63, 3.8) is 0 Å². The Morgan fingerprint density at radius 3 is 2.21 bits per heavy atom. The van der Waals surface area contributed by atoms with Crippen LogP contribution in [-0.4, -0.2) is 4.98 Å². The Kier molecular flexibility index (Phi) is 2.35. The number of rotatable bonds is 1. The molecule has 0 aliphatic carbocycles. The quantitative estimate of drug-likeness (QED) is 0.463. The molecule has 1 nitrogen and oxygen atoms in total. The molecule has 0 amide bonds. The van der Waals surface area contributed by atoms with E-state index in [2.05, 4.69) is 60.7 Å². The van der Waals surface area contributed by atoms with Crippen LogP contribution in [0.15, 0.2) is 66.7 Å². The minimum atomic E-state index is 1.09. The standard InChI is InChI=1S/C17H11NS/c1-2-6-12(7-3-1)17-18-15-10-13-8-4-5-9-14(13)11-16(15)19-17/h1-11H. The van der Waals surface area contributed by atoms with Gasteiger partial charge in [0.15, 0.2) is 0 Å². The molecule has 0 saturated heterocycles. The van der Waals surface area contributed by atoms with Crippen LogP contribution in [0, 0.1) is 0 Å². The lowest BCUT2D eigenvalue weighted by atomic mass is 10.1. The van der Waals surface area contributed by atoms with Gasteiger partial charge in [-0.05, 0) is 22.9 Å². The summed E-state index contributed by atoms with van der Waals surface area (Å²) in [6, 6.07) is 23.2. The van der Waals surface area contributed by atoms with Crippen molar-refractivity contribution >= 4 is 32.3 Å². The largest absolute Gasteiger partial charge is 0.236 e. The lowest BCUT2D eigenvalue weighted by Gasteiger charge is -1.95. The Morgan fingerprint density at radius 2 is 1.42 bits per heavy atom. The van der Waals surface area contributed by atoms with Crippen LogP contribution in [-0.2, 0) is 0 Å². The molecule has 90 valence electrons. The fourth-order valence-corrected chi connectivity index (χ4v) is 3.32. The van der Waals surface area contributed by atoms with Crippen molar-refractivity contribution in [3.8, 4) is 10.6 Å². The van der Waals surface area contributed by atoms with Gasteiger partial charge in [0.2, 0.25) is 0 Å². The fourth-order valence-electron chi connectivity index (χ4n) is 2.32. The van der Waals surface area contributed by atoms with Gasteiger partial charge < -0.3 is 0 Å². The maximum absolute atomic E-state index is 4.75. The Bertz CT molecular complexity index is 810. The van der Waals surface area contributed by atoms with E-state index in [1.165, 1.54) is 21.0 Å². The van der Waals surface area contributed by atoms with Gasteiger partial charge in [-0.25, -0.2) is 4.98 Å². The average Bonchev–Trinajstić information content (AvgIpc) is 2.88. The summed E-state index contributed by atoms with van der Waals surface area (Å²) in [4.78, 5) is 4.75. The molecule has 4 aromatic rings. The van der Waals surface area contributed by atoms with Crippen LogP contribution in [0.2, 0.25) is 0 Å². The van der Waals surface area contributed by atoms with Crippen LogP contribution >= 0.6 is 11.3 Å². The van der Waals surface area contributed by atoms with E-state index in [0.717, 1.165) is 10.5 Å². The molecular weight excluding hydrogens is 250 g/mol. The second kappa shape index (κ2) is 4.18. The van der Waals surface area contributed by atoms with Gasteiger partial charge in [-0.2, -0.15) is 0 Å². The lowest BCUT2D eigenvalue weighted by molar-refractivity contribution is 1.48. The molecular formula is C17H11NS. The highest BCUT2D eigenvalue weighted by Crippen LogP contribution is 2.32. The van der Waals surface area contributed by atoms with Crippen LogP contribution in [0.5, 0.6) is 0 Å². The minimum absolute atomic E-state index is 1.09. The first-order valence-corrected chi connectivity index (χ1v) is 7.06.